The lowest BCUT2D eigenvalue weighted by atomic mass is 9.83. The van der Waals surface area contributed by atoms with E-state index in [-0.39, 0.29) is 71.4 Å². The van der Waals surface area contributed by atoms with Crippen LogP contribution in [-0.4, -0.2) is 69.9 Å². The van der Waals surface area contributed by atoms with Crippen molar-refractivity contribution < 1.29 is 43.2 Å². The minimum absolute atomic E-state index is 0.00603. The molecule has 14 heteroatoms. The van der Waals surface area contributed by atoms with Crippen LogP contribution in [0.1, 0.15) is 39.2 Å². The Labute approximate surface area is 246 Å². The summed E-state index contributed by atoms with van der Waals surface area (Å²) in [6.45, 7) is 6.85. The summed E-state index contributed by atoms with van der Waals surface area (Å²) in [6, 6.07) is 2.98. The Hall–Kier alpha value is -4.72. The van der Waals surface area contributed by atoms with E-state index in [0.717, 1.165) is 4.90 Å². The molecule has 2 aromatic heterocycles. The van der Waals surface area contributed by atoms with Gasteiger partial charge in [-0.1, -0.05) is 0 Å². The number of benzene rings is 1. The molecular formula is C29H32FN5O8. The first kappa shape index (κ1) is 29.8. The SMILES string of the molecule is Cc1c(-c2cc3cc(NC(=O)OC4CC(CO)C4)ncc3c(NC(=O)OC(C)(C)C)c2F)cnc2c1N(C(=O)O)CCO2. The third kappa shape index (κ3) is 6.23. The molecule has 3 aromatic rings. The van der Waals surface area contributed by atoms with Crippen molar-refractivity contribution in [2.45, 2.75) is 52.2 Å². The quantitative estimate of drug-likeness (QED) is 0.303. The Bertz CT molecular complexity index is 1600. The summed E-state index contributed by atoms with van der Waals surface area (Å²) in [5.41, 5.74) is -0.234. The number of hydrogen-bond donors (Lipinski definition) is 4. The van der Waals surface area contributed by atoms with Crippen LogP contribution in [0.25, 0.3) is 21.9 Å². The van der Waals surface area contributed by atoms with E-state index in [0.29, 0.717) is 23.8 Å². The number of pyridine rings is 2. The maximum Gasteiger partial charge on any atom is 0.413 e. The van der Waals surface area contributed by atoms with Crippen molar-refractivity contribution in [3.63, 3.8) is 0 Å². The predicted molar refractivity (Wildman–Crippen MR) is 154 cm³/mol. The molecule has 0 unspecified atom stereocenters. The summed E-state index contributed by atoms with van der Waals surface area (Å²) in [5, 5.41) is 24.6. The molecule has 1 aromatic carbocycles. The van der Waals surface area contributed by atoms with E-state index in [1.807, 2.05) is 0 Å². The van der Waals surface area contributed by atoms with Gasteiger partial charge in [0.05, 0.1) is 12.2 Å². The maximum atomic E-state index is 16.3. The van der Waals surface area contributed by atoms with Crippen molar-refractivity contribution in [1.82, 2.24) is 9.97 Å². The van der Waals surface area contributed by atoms with Crippen LogP contribution < -0.4 is 20.3 Å². The fourth-order valence-corrected chi connectivity index (χ4v) is 5.07. The molecule has 0 radical (unpaired) electrons. The lowest BCUT2D eigenvalue weighted by Crippen LogP contribution is -2.37. The molecule has 13 nitrogen and oxygen atoms in total. The molecule has 0 spiro atoms. The van der Waals surface area contributed by atoms with Gasteiger partial charge in [0.1, 0.15) is 29.8 Å². The van der Waals surface area contributed by atoms with Gasteiger partial charge < -0.3 is 24.4 Å². The molecule has 1 aliphatic carbocycles. The van der Waals surface area contributed by atoms with Gasteiger partial charge in [-0.05, 0) is 69.5 Å². The van der Waals surface area contributed by atoms with Gasteiger partial charge in [0.2, 0.25) is 5.88 Å². The predicted octanol–water partition coefficient (Wildman–Crippen LogP) is 5.29. The first-order valence-electron chi connectivity index (χ1n) is 13.7. The fraction of sp³-hybridized carbons (Fsp3) is 0.414. The highest BCUT2D eigenvalue weighted by Crippen LogP contribution is 2.42. The molecular weight excluding hydrogens is 565 g/mol. The zero-order valence-electron chi connectivity index (χ0n) is 24.1. The van der Waals surface area contributed by atoms with Crippen LogP contribution in [0.15, 0.2) is 24.5 Å². The number of nitrogens with zero attached hydrogens (tertiary/aromatic N) is 3. The molecule has 228 valence electrons. The van der Waals surface area contributed by atoms with Crippen LogP contribution in [0.3, 0.4) is 0 Å². The zero-order chi connectivity index (χ0) is 31.1. The molecule has 5 rings (SSSR count). The Morgan fingerprint density at radius 3 is 2.53 bits per heavy atom. The maximum absolute atomic E-state index is 16.3. The van der Waals surface area contributed by atoms with Gasteiger partial charge in [0, 0.05) is 35.5 Å². The van der Waals surface area contributed by atoms with E-state index in [4.69, 9.17) is 14.2 Å². The zero-order valence-corrected chi connectivity index (χ0v) is 24.1. The van der Waals surface area contributed by atoms with Crippen LogP contribution in [0.2, 0.25) is 0 Å². The molecule has 43 heavy (non-hydrogen) atoms. The summed E-state index contributed by atoms with van der Waals surface area (Å²) in [5.74, 6) is -0.500. The Morgan fingerprint density at radius 2 is 1.86 bits per heavy atom. The van der Waals surface area contributed by atoms with E-state index in [9.17, 15) is 24.6 Å². The van der Waals surface area contributed by atoms with Gasteiger partial charge in [0.15, 0.2) is 5.82 Å². The number of amides is 3. The summed E-state index contributed by atoms with van der Waals surface area (Å²) in [6.07, 6.45) is 0.655. The van der Waals surface area contributed by atoms with Crippen molar-refractivity contribution in [3.05, 3.63) is 35.9 Å². The third-order valence-corrected chi connectivity index (χ3v) is 7.16. The van der Waals surface area contributed by atoms with Crippen molar-refractivity contribution >= 4 is 46.2 Å². The number of hydrogen-bond acceptors (Lipinski definition) is 9. The second kappa shape index (κ2) is 11.5. The number of aromatic nitrogens is 2. The molecule has 1 aliphatic heterocycles. The van der Waals surface area contributed by atoms with Crippen molar-refractivity contribution in [1.29, 1.82) is 0 Å². The summed E-state index contributed by atoms with van der Waals surface area (Å²) in [4.78, 5) is 46.7. The number of aliphatic hydroxyl groups excluding tert-OH is 1. The molecule has 0 atom stereocenters. The monoisotopic (exact) mass is 597 g/mol. The lowest BCUT2D eigenvalue weighted by Gasteiger charge is -2.33. The number of nitrogens with one attached hydrogen (secondary N) is 2. The number of halogens is 1. The van der Waals surface area contributed by atoms with Crippen LogP contribution in [0, 0.1) is 18.7 Å². The first-order chi connectivity index (χ1) is 20.3. The summed E-state index contributed by atoms with van der Waals surface area (Å²) < 4.78 is 32.6. The largest absolute Gasteiger partial charge is 0.474 e. The van der Waals surface area contributed by atoms with Gasteiger partial charge in [-0.15, -0.1) is 0 Å². The number of fused-ring (bicyclic) bond motifs is 2. The smallest absolute Gasteiger partial charge is 0.413 e. The molecule has 4 N–H and O–H groups in total. The number of ether oxygens (including phenoxy) is 3. The van der Waals surface area contributed by atoms with Gasteiger partial charge in [-0.2, -0.15) is 0 Å². The first-order valence-corrected chi connectivity index (χ1v) is 13.7. The fourth-order valence-electron chi connectivity index (χ4n) is 5.07. The molecule has 1 fully saturated rings. The third-order valence-electron chi connectivity index (χ3n) is 7.16. The molecule has 0 bridgehead atoms. The van der Waals surface area contributed by atoms with E-state index in [2.05, 4.69) is 20.6 Å². The van der Waals surface area contributed by atoms with Crippen molar-refractivity contribution in [3.8, 4) is 17.0 Å². The molecule has 0 saturated heterocycles. The average Bonchev–Trinajstić information content (AvgIpc) is 2.91. The number of carboxylic acid groups (broad SMARTS) is 1. The van der Waals surface area contributed by atoms with Gasteiger partial charge in [0.25, 0.3) is 0 Å². The molecule has 3 amide bonds. The molecule has 2 aliphatic rings. The molecule has 1 saturated carbocycles. The Kier molecular flexibility index (Phi) is 7.97. The Balaban J connectivity index is 1.57. The average molecular weight is 598 g/mol. The number of carbonyl (C=O) groups excluding carboxylic acids is 2. The standard InChI is InChI=1S/C29H32FN5O8/c1-14-19(11-32-25-24(14)35(28(39)40)5-6-41-25)18-9-16-10-21(33-26(37)42-17-7-15(8-17)13-36)31-12-20(16)23(22(18)30)34-27(38)43-29(2,3)4/h9-12,15,17,36H,5-8,13H2,1-4H3,(H,34,38)(H,39,40)(H,31,33,37). The normalized spacial score (nSPS) is 17.8. The van der Waals surface area contributed by atoms with Crippen molar-refractivity contribution in [2.24, 2.45) is 5.92 Å². The number of carbonyl (C=O) groups is 3. The summed E-state index contributed by atoms with van der Waals surface area (Å²) in [7, 11) is 0. The van der Waals surface area contributed by atoms with Gasteiger partial charge in [-0.25, -0.2) is 28.7 Å². The van der Waals surface area contributed by atoms with E-state index >= 15 is 4.39 Å². The van der Waals surface area contributed by atoms with Crippen LogP contribution in [0.4, 0.5) is 36.0 Å². The van der Waals surface area contributed by atoms with Crippen LogP contribution in [-0.2, 0) is 9.47 Å². The topological polar surface area (TPSA) is 172 Å². The van der Waals surface area contributed by atoms with Gasteiger partial charge in [-0.3, -0.25) is 15.5 Å². The van der Waals surface area contributed by atoms with E-state index < -0.39 is 29.7 Å². The highest BCUT2D eigenvalue weighted by atomic mass is 19.1. The number of rotatable bonds is 5. The minimum Gasteiger partial charge on any atom is -0.474 e. The van der Waals surface area contributed by atoms with Crippen molar-refractivity contribution in [2.75, 3.05) is 35.3 Å². The number of aliphatic hydroxyl groups is 1. The second-order valence-electron chi connectivity index (χ2n) is 11.4. The Morgan fingerprint density at radius 1 is 1.12 bits per heavy atom. The minimum atomic E-state index is -1.21. The van der Waals surface area contributed by atoms with Crippen LogP contribution in [0.5, 0.6) is 5.88 Å². The highest BCUT2D eigenvalue weighted by molar-refractivity contribution is 6.04. The van der Waals surface area contributed by atoms with E-state index in [1.165, 1.54) is 24.5 Å². The highest BCUT2D eigenvalue weighted by Gasteiger charge is 2.32. The summed E-state index contributed by atoms with van der Waals surface area (Å²) >= 11 is 0. The lowest BCUT2D eigenvalue weighted by molar-refractivity contribution is 0.00335. The van der Waals surface area contributed by atoms with Gasteiger partial charge >= 0.3 is 18.3 Å². The second-order valence-corrected chi connectivity index (χ2v) is 11.4. The van der Waals surface area contributed by atoms with Crippen LogP contribution >= 0.6 is 0 Å². The number of anilines is 3. The van der Waals surface area contributed by atoms with E-state index in [1.54, 1.807) is 27.7 Å². The molecule has 3 heterocycles.